The van der Waals surface area contributed by atoms with Crippen LogP contribution in [-0.4, -0.2) is 29.5 Å². The average Bonchev–Trinajstić information content (AvgIpc) is 3.14. The third kappa shape index (κ3) is 4.38. The monoisotopic (exact) mass is 338 g/mol. The van der Waals surface area contributed by atoms with Crippen molar-refractivity contribution in [1.82, 2.24) is 10.3 Å². The Labute approximate surface area is 137 Å². The van der Waals surface area contributed by atoms with Gasteiger partial charge in [-0.05, 0) is 24.3 Å². The van der Waals surface area contributed by atoms with E-state index in [1.165, 1.54) is 11.3 Å². The molecular weight excluding hydrogens is 320 g/mol. The lowest BCUT2D eigenvalue weighted by molar-refractivity contribution is -0.125. The van der Waals surface area contributed by atoms with Crippen LogP contribution in [0.5, 0.6) is 0 Å². The van der Waals surface area contributed by atoms with Crippen molar-refractivity contribution in [2.75, 3.05) is 6.61 Å². The molecule has 0 unspecified atom stereocenters. The maximum atomic E-state index is 11.9. The molecule has 2 aromatic heterocycles. The van der Waals surface area contributed by atoms with Gasteiger partial charge in [0, 0.05) is 11.4 Å². The van der Waals surface area contributed by atoms with Crippen molar-refractivity contribution >= 4 is 34.6 Å². The van der Waals surface area contributed by atoms with Gasteiger partial charge in [-0.25, -0.2) is 9.78 Å². The third-order valence-corrected chi connectivity index (χ3v) is 5.05. The van der Waals surface area contributed by atoms with E-state index in [1.54, 1.807) is 16.7 Å². The Hall–Kier alpha value is -1.73. The van der Waals surface area contributed by atoms with Crippen molar-refractivity contribution in [2.45, 2.75) is 26.8 Å². The molecule has 0 aliphatic heterocycles. The molecule has 0 aliphatic carbocycles. The van der Waals surface area contributed by atoms with E-state index in [1.807, 2.05) is 38.3 Å². The van der Waals surface area contributed by atoms with Crippen LogP contribution in [0.3, 0.4) is 0 Å². The molecule has 1 N–H and O–H groups in total. The summed E-state index contributed by atoms with van der Waals surface area (Å²) in [6.45, 7) is 5.65. The first-order chi connectivity index (χ1) is 10.5. The number of nitrogens with zero attached hydrogens (tertiary/aromatic N) is 1. The summed E-state index contributed by atoms with van der Waals surface area (Å²) < 4.78 is 5.00. The fourth-order valence-electron chi connectivity index (χ4n) is 1.55. The molecule has 0 aliphatic rings. The molecule has 1 amide bonds. The number of ether oxygens (including phenoxy) is 1. The molecule has 0 saturated heterocycles. The summed E-state index contributed by atoms with van der Waals surface area (Å²) in [7, 11) is 0. The lowest BCUT2D eigenvalue weighted by Gasteiger charge is -2.17. The van der Waals surface area contributed by atoms with Gasteiger partial charge in [-0.2, -0.15) is 0 Å². The Morgan fingerprint density at radius 2 is 2.09 bits per heavy atom. The second-order valence-electron chi connectivity index (χ2n) is 5.19. The number of nitrogens with one attached hydrogen (secondary N) is 1. The van der Waals surface area contributed by atoms with Gasteiger partial charge in [0.1, 0.15) is 5.01 Å². The van der Waals surface area contributed by atoms with E-state index in [0.717, 1.165) is 9.88 Å². The van der Waals surface area contributed by atoms with Crippen LogP contribution in [0.2, 0.25) is 0 Å². The predicted octanol–water partition coefficient (Wildman–Crippen LogP) is 3.19. The number of rotatable bonds is 6. The standard InChI is InChI=1S/C15H18N2O3S2/c1-9(2)10(3)16-13(18)7-20-15(19)11-8-22-14(17-11)12-5-4-6-21-12/h4-6,8-10H,7H2,1-3H3,(H,16,18)/t10-/m0/s1. The number of carbonyl (C=O) groups excluding carboxylic acids is 2. The topological polar surface area (TPSA) is 68.3 Å². The lowest BCUT2D eigenvalue weighted by atomic mass is 10.1. The van der Waals surface area contributed by atoms with Crippen molar-refractivity contribution in [2.24, 2.45) is 5.92 Å². The fraction of sp³-hybridized carbons (Fsp3) is 0.400. The molecular formula is C15H18N2O3S2. The van der Waals surface area contributed by atoms with Gasteiger partial charge < -0.3 is 10.1 Å². The zero-order valence-electron chi connectivity index (χ0n) is 12.7. The van der Waals surface area contributed by atoms with Crippen molar-refractivity contribution in [3.63, 3.8) is 0 Å². The highest BCUT2D eigenvalue weighted by molar-refractivity contribution is 7.20. The van der Waals surface area contributed by atoms with E-state index in [2.05, 4.69) is 10.3 Å². The van der Waals surface area contributed by atoms with Crippen LogP contribution in [0.15, 0.2) is 22.9 Å². The number of esters is 1. The molecule has 1 atom stereocenters. The van der Waals surface area contributed by atoms with Crippen LogP contribution in [-0.2, 0) is 9.53 Å². The van der Waals surface area contributed by atoms with Crippen LogP contribution in [0.25, 0.3) is 9.88 Å². The van der Waals surface area contributed by atoms with Crippen LogP contribution in [0.1, 0.15) is 31.3 Å². The van der Waals surface area contributed by atoms with Gasteiger partial charge in [0.25, 0.3) is 5.91 Å². The van der Waals surface area contributed by atoms with Gasteiger partial charge in [0.05, 0.1) is 4.88 Å². The van der Waals surface area contributed by atoms with Crippen molar-refractivity contribution in [3.8, 4) is 9.88 Å². The van der Waals surface area contributed by atoms with E-state index < -0.39 is 5.97 Å². The van der Waals surface area contributed by atoms with Gasteiger partial charge in [0.15, 0.2) is 12.3 Å². The minimum Gasteiger partial charge on any atom is -0.451 e. The Bertz CT molecular complexity index is 635. The number of thiophene rings is 1. The minimum absolute atomic E-state index is 0.0379. The predicted molar refractivity (Wildman–Crippen MR) is 88.2 cm³/mol. The van der Waals surface area contributed by atoms with E-state index >= 15 is 0 Å². The number of thiazole rings is 1. The summed E-state index contributed by atoms with van der Waals surface area (Å²) in [6.07, 6.45) is 0. The Balaban J connectivity index is 1.86. The van der Waals surface area contributed by atoms with Crippen molar-refractivity contribution < 1.29 is 14.3 Å². The van der Waals surface area contributed by atoms with Gasteiger partial charge in [-0.1, -0.05) is 19.9 Å². The van der Waals surface area contributed by atoms with Gasteiger partial charge in [0.2, 0.25) is 0 Å². The maximum Gasteiger partial charge on any atom is 0.358 e. The Morgan fingerprint density at radius 3 is 2.73 bits per heavy atom. The highest BCUT2D eigenvalue weighted by Gasteiger charge is 2.16. The largest absolute Gasteiger partial charge is 0.451 e. The summed E-state index contributed by atoms with van der Waals surface area (Å²) in [5.74, 6) is -0.554. The second-order valence-corrected chi connectivity index (χ2v) is 7.00. The third-order valence-electron chi connectivity index (χ3n) is 3.17. The molecule has 7 heteroatoms. The number of hydrogen-bond acceptors (Lipinski definition) is 6. The van der Waals surface area contributed by atoms with Crippen LogP contribution in [0.4, 0.5) is 0 Å². The molecule has 2 heterocycles. The first kappa shape index (κ1) is 16.6. The zero-order chi connectivity index (χ0) is 16.1. The quantitative estimate of drug-likeness (QED) is 0.821. The molecule has 5 nitrogen and oxygen atoms in total. The van der Waals surface area contributed by atoms with E-state index in [9.17, 15) is 9.59 Å². The summed E-state index contributed by atoms with van der Waals surface area (Å²) in [6, 6.07) is 3.91. The summed E-state index contributed by atoms with van der Waals surface area (Å²) in [5.41, 5.74) is 0.234. The molecule has 0 bridgehead atoms. The highest BCUT2D eigenvalue weighted by Crippen LogP contribution is 2.27. The van der Waals surface area contributed by atoms with Crippen molar-refractivity contribution in [3.05, 3.63) is 28.6 Å². The molecule has 0 saturated carbocycles. The van der Waals surface area contributed by atoms with Gasteiger partial charge >= 0.3 is 5.97 Å². The average molecular weight is 338 g/mol. The maximum absolute atomic E-state index is 11.9. The van der Waals surface area contributed by atoms with Gasteiger partial charge in [-0.15, -0.1) is 22.7 Å². The highest BCUT2D eigenvalue weighted by atomic mass is 32.1. The molecule has 0 fully saturated rings. The molecule has 2 aromatic rings. The minimum atomic E-state index is -0.577. The lowest BCUT2D eigenvalue weighted by Crippen LogP contribution is -2.38. The molecule has 2 rings (SSSR count). The molecule has 118 valence electrons. The van der Waals surface area contributed by atoms with Crippen molar-refractivity contribution in [1.29, 1.82) is 0 Å². The zero-order valence-corrected chi connectivity index (χ0v) is 14.3. The summed E-state index contributed by atoms with van der Waals surface area (Å²) in [4.78, 5) is 28.8. The van der Waals surface area contributed by atoms with E-state index in [4.69, 9.17) is 4.74 Å². The molecule has 0 aromatic carbocycles. The van der Waals surface area contributed by atoms with E-state index in [0.29, 0.717) is 5.92 Å². The van der Waals surface area contributed by atoms with Crippen LogP contribution >= 0.6 is 22.7 Å². The second kappa shape index (κ2) is 7.51. The number of hydrogen-bond donors (Lipinski definition) is 1. The molecule has 0 radical (unpaired) electrons. The SMILES string of the molecule is CC(C)[C@H](C)NC(=O)COC(=O)c1csc(-c2cccs2)n1. The van der Waals surface area contributed by atoms with Crippen LogP contribution in [0, 0.1) is 5.92 Å². The first-order valence-corrected chi connectivity index (χ1v) is 8.69. The number of carbonyl (C=O) groups is 2. The molecule has 0 spiro atoms. The summed E-state index contributed by atoms with van der Waals surface area (Å²) >= 11 is 2.94. The normalized spacial score (nSPS) is 12.2. The number of aromatic nitrogens is 1. The smallest absolute Gasteiger partial charge is 0.358 e. The Kier molecular flexibility index (Phi) is 5.68. The Morgan fingerprint density at radius 1 is 1.32 bits per heavy atom. The first-order valence-electron chi connectivity index (χ1n) is 6.93. The molecule has 22 heavy (non-hydrogen) atoms. The fourth-order valence-corrected chi connectivity index (χ4v) is 3.15. The van der Waals surface area contributed by atoms with Crippen LogP contribution < -0.4 is 5.32 Å². The number of amides is 1. The van der Waals surface area contributed by atoms with E-state index in [-0.39, 0.29) is 24.2 Å². The van der Waals surface area contributed by atoms with Gasteiger partial charge in [-0.3, -0.25) is 4.79 Å². The summed E-state index contributed by atoms with van der Waals surface area (Å²) in [5, 5.41) is 7.16.